The number of rotatable bonds is 5. The maximum Gasteiger partial charge on any atom is 0.224 e. The highest BCUT2D eigenvalue weighted by molar-refractivity contribution is 5.85. The van der Waals surface area contributed by atoms with E-state index in [2.05, 4.69) is 27.7 Å². The van der Waals surface area contributed by atoms with E-state index in [0.29, 0.717) is 13.0 Å². The van der Waals surface area contributed by atoms with Crippen LogP contribution in [0.15, 0.2) is 30.3 Å². The predicted molar refractivity (Wildman–Crippen MR) is 108 cm³/mol. The molecule has 0 spiro atoms. The zero-order valence-electron chi connectivity index (χ0n) is 14.9. The van der Waals surface area contributed by atoms with E-state index in [4.69, 9.17) is 0 Å². The van der Waals surface area contributed by atoms with Gasteiger partial charge in [0.2, 0.25) is 11.8 Å². The van der Waals surface area contributed by atoms with Crippen LogP contribution in [-0.2, 0) is 9.59 Å². The molecule has 0 radical (unpaired) electrons. The molecule has 3 rings (SSSR count). The van der Waals surface area contributed by atoms with E-state index in [-0.39, 0.29) is 42.5 Å². The lowest BCUT2D eigenvalue weighted by Crippen LogP contribution is -2.49. The van der Waals surface area contributed by atoms with E-state index in [1.54, 1.807) is 0 Å². The summed E-state index contributed by atoms with van der Waals surface area (Å²) in [6.45, 7) is 5.30. The van der Waals surface area contributed by atoms with Crippen LogP contribution in [0.4, 0.5) is 5.69 Å². The number of anilines is 1. The molecular weight excluding hydrogens is 375 g/mol. The minimum atomic E-state index is 0. The van der Waals surface area contributed by atoms with Gasteiger partial charge in [0.15, 0.2) is 0 Å². The molecule has 2 heterocycles. The Bertz CT molecular complexity index is 560. The van der Waals surface area contributed by atoms with Crippen molar-refractivity contribution in [2.45, 2.75) is 12.8 Å². The number of nitrogens with one attached hydrogen (secondary N) is 2. The van der Waals surface area contributed by atoms with E-state index in [1.165, 1.54) is 5.69 Å². The molecule has 2 aliphatic rings. The third kappa shape index (κ3) is 6.04. The normalized spacial score (nSPS) is 19.3. The highest BCUT2D eigenvalue weighted by atomic mass is 35.5. The number of halogens is 2. The van der Waals surface area contributed by atoms with Gasteiger partial charge in [0.1, 0.15) is 0 Å². The highest BCUT2D eigenvalue weighted by Crippen LogP contribution is 2.15. The molecule has 2 saturated heterocycles. The van der Waals surface area contributed by atoms with E-state index in [1.807, 2.05) is 23.1 Å². The van der Waals surface area contributed by atoms with Crippen molar-refractivity contribution in [1.29, 1.82) is 0 Å². The SMILES string of the molecule is Cl.Cl.O=C(NCCC(=O)N1CCN(c2ccccc2)CC1)C1CCNC1. The van der Waals surface area contributed by atoms with Crippen LogP contribution < -0.4 is 15.5 Å². The summed E-state index contributed by atoms with van der Waals surface area (Å²) in [5.74, 6) is 0.267. The molecule has 2 amide bonds. The maximum absolute atomic E-state index is 12.3. The van der Waals surface area contributed by atoms with Gasteiger partial charge < -0.3 is 20.4 Å². The molecule has 1 aromatic rings. The van der Waals surface area contributed by atoms with Crippen LogP contribution in [0.3, 0.4) is 0 Å². The number of para-hydroxylation sites is 1. The Kier molecular flexibility index (Phi) is 9.76. The van der Waals surface area contributed by atoms with Crippen LogP contribution in [0.25, 0.3) is 0 Å². The van der Waals surface area contributed by atoms with Crippen LogP contribution in [0.1, 0.15) is 12.8 Å². The van der Waals surface area contributed by atoms with Gasteiger partial charge in [0.05, 0.1) is 5.92 Å². The molecule has 2 fully saturated rings. The number of piperazine rings is 1. The third-order valence-corrected chi connectivity index (χ3v) is 4.82. The van der Waals surface area contributed by atoms with Crippen LogP contribution >= 0.6 is 24.8 Å². The zero-order chi connectivity index (χ0) is 16.8. The van der Waals surface area contributed by atoms with E-state index >= 15 is 0 Å². The number of hydrogen-bond acceptors (Lipinski definition) is 4. The predicted octanol–water partition coefficient (Wildman–Crippen LogP) is 1.29. The number of benzene rings is 1. The summed E-state index contributed by atoms with van der Waals surface area (Å²) >= 11 is 0. The first kappa shape index (κ1) is 22.5. The molecule has 2 aliphatic heterocycles. The second-order valence-corrected chi connectivity index (χ2v) is 6.43. The Morgan fingerprint density at radius 3 is 2.38 bits per heavy atom. The number of amides is 2. The summed E-state index contributed by atoms with van der Waals surface area (Å²) in [4.78, 5) is 28.4. The lowest BCUT2D eigenvalue weighted by atomic mass is 10.1. The highest BCUT2D eigenvalue weighted by Gasteiger charge is 2.23. The van der Waals surface area contributed by atoms with Gasteiger partial charge in [-0.25, -0.2) is 0 Å². The Morgan fingerprint density at radius 1 is 1.08 bits per heavy atom. The first-order valence-electron chi connectivity index (χ1n) is 8.80. The summed E-state index contributed by atoms with van der Waals surface area (Å²) in [6.07, 6.45) is 1.28. The van der Waals surface area contributed by atoms with E-state index in [0.717, 1.165) is 45.7 Å². The topological polar surface area (TPSA) is 64.7 Å². The molecule has 6 nitrogen and oxygen atoms in total. The summed E-state index contributed by atoms with van der Waals surface area (Å²) in [5.41, 5.74) is 1.21. The molecule has 2 N–H and O–H groups in total. The molecule has 0 aromatic heterocycles. The Labute approximate surface area is 167 Å². The largest absolute Gasteiger partial charge is 0.368 e. The van der Waals surface area contributed by atoms with Gasteiger partial charge in [-0.2, -0.15) is 0 Å². The second-order valence-electron chi connectivity index (χ2n) is 6.43. The van der Waals surface area contributed by atoms with Crippen molar-refractivity contribution in [1.82, 2.24) is 15.5 Å². The molecule has 0 aliphatic carbocycles. The molecule has 1 aromatic carbocycles. The number of carbonyl (C=O) groups excluding carboxylic acids is 2. The quantitative estimate of drug-likeness (QED) is 0.778. The summed E-state index contributed by atoms with van der Waals surface area (Å²) in [7, 11) is 0. The van der Waals surface area contributed by atoms with Crippen molar-refractivity contribution in [3.63, 3.8) is 0 Å². The summed E-state index contributed by atoms with van der Waals surface area (Å²) in [5, 5.41) is 6.07. The summed E-state index contributed by atoms with van der Waals surface area (Å²) in [6, 6.07) is 10.3. The molecule has 1 atom stereocenters. The molecule has 0 bridgehead atoms. The molecule has 8 heteroatoms. The van der Waals surface area contributed by atoms with Gasteiger partial charge in [-0.3, -0.25) is 9.59 Å². The van der Waals surface area contributed by atoms with Crippen molar-refractivity contribution in [3.05, 3.63) is 30.3 Å². The van der Waals surface area contributed by atoms with Crippen molar-refractivity contribution >= 4 is 42.3 Å². The van der Waals surface area contributed by atoms with Crippen molar-refractivity contribution in [2.75, 3.05) is 50.7 Å². The van der Waals surface area contributed by atoms with Crippen LogP contribution in [0.5, 0.6) is 0 Å². The van der Waals surface area contributed by atoms with Crippen LogP contribution in [0.2, 0.25) is 0 Å². The fourth-order valence-electron chi connectivity index (χ4n) is 3.33. The number of carbonyl (C=O) groups is 2. The van der Waals surface area contributed by atoms with Gasteiger partial charge in [-0.15, -0.1) is 24.8 Å². The standard InChI is InChI=1S/C18H26N4O2.2ClH/c23-17(7-9-20-18(24)15-6-8-19-14-15)22-12-10-21(11-13-22)16-4-2-1-3-5-16;;/h1-5,15,19H,6-14H2,(H,20,24);2*1H. The Morgan fingerprint density at radius 2 is 1.77 bits per heavy atom. The maximum atomic E-state index is 12.3. The minimum absolute atomic E-state index is 0. The van der Waals surface area contributed by atoms with Crippen LogP contribution in [-0.4, -0.2) is 62.5 Å². The third-order valence-electron chi connectivity index (χ3n) is 4.82. The average Bonchev–Trinajstić information content (AvgIpc) is 3.17. The molecule has 26 heavy (non-hydrogen) atoms. The minimum Gasteiger partial charge on any atom is -0.368 e. The van der Waals surface area contributed by atoms with Gasteiger partial charge >= 0.3 is 0 Å². The van der Waals surface area contributed by atoms with E-state index < -0.39 is 0 Å². The van der Waals surface area contributed by atoms with Gasteiger partial charge in [0, 0.05) is 51.4 Å². The lowest BCUT2D eigenvalue weighted by Gasteiger charge is -2.36. The Balaban J connectivity index is 0.00000169. The lowest BCUT2D eigenvalue weighted by molar-refractivity contribution is -0.131. The first-order chi connectivity index (χ1) is 11.7. The fourth-order valence-corrected chi connectivity index (χ4v) is 3.33. The molecular formula is C18H28Cl2N4O2. The van der Waals surface area contributed by atoms with Gasteiger partial charge in [-0.1, -0.05) is 18.2 Å². The van der Waals surface area contributed by atoms with Gasteiger partial charge in [0.25, 0.3) is 0 Å². The number of hydrogen-bond donors (Lipinski definition) is 2. The van der Waals surface area contributed by atoms with E-state index in [9.17, 15) is 9.59 Å². The van der Waals surface area contributed by atoms with Crippen molar-refractivity contribution in [3.8, 4) is 0 Å². The smallest absolute Gasteiger partial charge is 0.224 e. The molecule has 146 valence electrons. The molecule has 1 unspecified atom stereocenters. The Hall–Kier alpha value is -1.50. The number of nitrogens with zero attached hydrogens (tertiary/aromatic N) is 2. The fraction of sp³-hybridized carbons (Fsp3) is 0.556. The first-order valence-corrected chi connectivity index (χ1v) is 8.80. The molecule has 0 saturated carbocycles. The van der Waals surface area contributed by atoms with Crippen molar-refractivity contribution < 1.29 is 9.59 Å². The summed E-state index contributed by atoms with van der Waals surface area (Å²) < 4.78 is 0. The second kappa shape index (κ2) is 11.3. The van der Waals surface area contributed by atoms with Crippen LogP contribution in [0, 0.1) is 5.92 Å². The van der Waals surface area contributed by atoms with Gasteiger partial charge in [-0.05, 0) is 25.1 Å². The monoisotopic (exact) mass is 402 g/mol. The zero-order valence-corrected chi connectivity index (χ0v) is 16.5. The van der Waals surface area contributed by atoms with Crippen molar-refractivity contribution in [2.24, 2.45) is 5.92 Å². The average molecular weight is 403 g/mol.